The fourth-order valence-corrected chi connectivity index (χ4v) is 5.13. The minimum atomic E-state index is -0.821. The van der Waals surface area contributed by atoms with Crippen molar-refractivity contribution in [2.45, 2.75) is 83.2 Å². The largest absolute Gasteiger partial charge is 0.481 e. The number of carboxylic acid groups (broad SMARTS) is 1. The molecule has 0 unspecified atom stereocenters. The molecule has 0 bridgehead atoms. The van der Waals surface area contributed by atoms with Gasteiger partial charge in [0.25, 0.3) is 0 Å². The van der Waals surface area contributed by atoms with E-state index in [-0.39, 0.29) is 53.3 Å². The number of fused-ring (bicyclic) bond motifs is 1. The molecule has 11 heteroatoms. The number of benzene rings is 2. The summed E-state index contributed by atoms with van der Waals surface area (Å²) in [6.07, 6.45) is 7.93. The van der Waals surface area contributed by atoms with Crippen molar-refractivity contribution in [2.75, 3.05) is 34.5 Å². The smallest absolute Gasteiger partial charge is 0.311 e. The van der Waals surface area contributed by atoms with Crippen LogP contribution in [0, 0.1) is 0 Å². The molecular formula is C36H46O11. The van der Waals surface area contributed by atoms with Crippen LogP contribution in [0.15, 0.2) is 51.9 Å². The standard InChI is InChI=1S/C36H46O11/c1-42-20-10-4-6-14-34(39)46-31-22-27-30(23-32(31)47-35(40)15-7-5-11-21-43-2)45-24-28(36(27)41)25-16-18-26(19-17-25)29(44-3)12-8-9-13-33(37)38/h16-19,22-24,29H,4-15,20-21H2,1-3H3,(H,37,38)/t29-/m0/s1. The third-order valence-corrected chi connectivity index (χ3v) is 7.73. The Hall–Kier alpha value is -4.06. The molecule has 1 aromatic heterocycles. The number of unbranched alkanes of at least 4 members (excludes halogenated alkanes) is 5. The van der Waals surface area contributed by atoms with Crippen molar-refractivity contribution >= 4 is 28.9 Å². The summed E-state index contributed by atoms with van der Waals surface area (Å²) in [7, 11) is 4.86. The van der Waals surface area contributed by atoms with Gasteiger partial charge in [-0.1, -0.05) is 37.1 Å². The molecule has 3 rings (SSSR count). The first-order valence-corrected chi connectivity index (χ1v) is 16.1. The highest BCUT2D eigenvalue weighted by molar-refractivity contribution is 5.87. The zero-order chi connectivity index (χ0) is 34.0. The second kappa shape index (κ2) is 20.2. The number of methoxy groups -OCH3 is 3. The zero-order valence-corrected chi connectivity index (χ0v) is 27.5. The molecule has 1 N–H and O–H groups in total. The number of rotatable bonds is 22. The highest BCUT2D eigenvalue weighted by Gasteiger charge is 2.20. The average molecular weight is 655 g/mol. The second-order valence-electron chi connectivity index (χ2n) is 11.3. The molecule has 256 valence electrons. The number of esters is 2. The van der Waals surface area contributed by atoms with Gasteiger partial charge in [-0.3, -0.25) is 19.2 Å². The number of hydrogen-bond acceptors (Lipinski definition) is 10. The van der Waals surface area contributed by atoms with Crippen molar-refractivity contribution in [1.82, 2.24) is 0 Å². The van der Waals surface area contributed by atoms with E-state index < -0.39 is 17.9 Å². The van der Waals surface area contributed by atoms with Gasteiger partial charge in [-0.2, -0.15) is 0 Å². The Morgan fingerprint density at radius 2 is 1.32 bits per heavy atom. The lowest BCUT2D eigenvalue weighted by Gasteiger charge is -2.16. The van der Waals surface area contributed by atoms with E-state index >= 15 is 0 Å². The fraction of sp³-hybridized carbons (Fsp3) is 0.500. The van der Waals surface area contributed by atoms with Crippen LogP contribution in [0.5, 0.6) is 11.5 Å². The first-order valence-electron chi connectivity index (χ1n) is 16.1. The number of carbonyl (C=O) groups is 3. The molecule has 0 spiro atoms. The topological polar surface area (TPSA) is 148 Å². The van der Waals surface area contributed by atoms with Crippen molar-refractivity contribution in [2.24, 2.45) is 0 Å². The Bertz CT molecular complexity index is 1490. The Balaban J connectivity index is 1.84. The molecule has 1 atom stereocenters. The Morgan fingerprint density at radius 3 is 1.87 bits per heavy atom. The van der Waals surface area contributed by atoms with Crippen LogP contribution >= 0.6 is 0 Å². The van der Waals surface area contributed by atoms with E-state index in [1.165, 1.54) is 18.4 Å². The molecule has 2 aromatic carbocycles. The van der Waals surface area contributed by atoms with Gasteiger partial charge in [0.2, 0.25) is 5.43 Å². The Kier molecular flexibility index (Phi) is 16.1. The van der Waals surface area contributed by atoms with Crippen molar-refractivity contribution in [3.63, 3.8) is 0 Å². The maximum atomic E-state index is 13.7. The summed E-state index contributed by atoms with van der Waals surface area (Å²) in [5, 5.41) is 9.04. The van der Waals surface area contributed by atoms with E-state index in [1.807, 2.05) is 12.1 Å². The van der Waals surface area contributed by atoms with Crippen LogP contribution in [0.1, 0.15) is 88.7 Å². The number of carbonyl (C=O) groups excluding carboxylic acids is 2. The molecule has 47 heavy (non-hydrogen) atoms. The van der Waals surface area contributed by atoms with Crippen LogP contribution in [0.25, 0.3) is 22.1 Å². The van der Waals surface area contributed by atoms with E-state index in [0.717, 1.165) is 31.2 Å². The van der Waals surface area contributed by atoms with Crippen molar-refractivity contribution in [3.8, 4) is 22.6 Å². The second-order valence-corrected chi connectivity index (χ2v) is 11.3. The third-order valence-electron chi connectivity index (χ3n) is 7.73. The summed E-state index contributed by atoms with van der Waals surface area (Å²) >= 11 is 0. The van der Waals surface area contributed by atoms with Gasteiger partial charge in [-0.15, -0.1) is 0 Å². The summed E-state index contributed by atoms with van der Waals surface area (Å²) in [5.74, 6) is -1.85. The lowest BCUT2D eigenvalue weighted by Crippen LogP contribution is -2.13. The van der Waals surface area contributed by atoms with E-state index in [9.17, 15) is 19.2 Å². The molecule has 0 saturated carbocycles. The van der Waals surface area contributed by atoms with Crippen LogP contribution in [0.4, 0.5) is 0 Å². The highest BCUT2D eigenvalue weighted by atomic mass is 16.6. The number of ether oxygens (including phenoxy) is 5. The quantitative estimate of drug-likeness (QED) is 0.0677. The van der Waals surface area contributed by atoms with E-state index in [0.29, 0.717) is 56.4 Å². The van der Waals surface area contributed by atoms with Gasteiger partial charge in [-0.05, 0) is 62.1 Å². The summed E-state index contributed by atoms with van der Waals surface area (Å²) in [6.45, 7) is 1.22. The van der Waals surface area contributed by atoms with Crippen molar-refractivity contribution in [3.05, 3.63) is 58.4 Å². The average Bonchev–Trinajstić information content (AvgIpc) is 3.05. The molecule has 0 aliphatic carbocycles. The maximum absolute atomic E-state index is 13.7. The molecule has 1 heterocycles. The number of carboxylic acids is 1. The molecule has 0 aliphatic heterocycles. The van der Waals surface area contributed by atoms with Crippen LogP contribution < -0.4 is 14.9 Å². The molecule has 3 aromatic rings. The normalized spacial score (nSPS) is 11.8. The van der Waals surface area contributed by atoms with Crippen LogP contribution in [-0.2, 0) is 28.6 Å². The predicted octanol–water partition coefficient (Wildman–Crippen LogP) is 7.02. The van der Waals surface area contributed by atoms with Gasteiger partial charge in [0.1, 0.15) is 11.8 Å². The maximum Gasteiger partial charge on any atom is 0.311 e. The van der Waals surface area contributed by atoms with E-state index in [4.69, 9.17) is 33.2 Å². The Labute approximate surface area is 275 Å². The van der Waals surface area contributed by atoms with Crippen LogP contribution in [-0.4, -0.2) is 57.6 Å². The molecule has 11 nitrogen and oxygen atoms in total. The molecule has 0 fully saturated rings. The molecule has 0 radical (unpaired) electrons. The summed E-state index contributed by atoms with van der Waals surface area (Å²) in [6, 6.07) is 10.1. The minimum absolute atomic E-state index is 0.00124. The monoisotopic (exact) mass is 654 g/mol. The number of aliphatic carboxylic acids is 1. The first-order chi connectivity index (χ1) is 22.8. The van der Waals surface area contributed by atoms with E-state index in [2.05, 4.69) is 0 Å². The molecule has 0 amide bonds. The van der Waals surface area contributed by atoms with Crippen LogP contribution in [0.2, 0.25) is 0 Å². The Morgan fingerprint density at radius 1 is 0.745 bits per heavy atom. The van der Waals surface area contributed by atoms with Crippen molar-refractivity contribution < 1.29 is 47.6 Å². The molecule has 0 aliphatic rings. The third kappa shape index (κ3) is 12.2. The SMILES string of the molecule is COCCCCCC(=O)Oc1cc2occ(-c3ccc([C@H](CCCCC(=O)O)OC)cc3)c(=O)c2cc1OC(=O)CCCCCOC. The van der Waals surface area contributed by atoms with Crippen LogP contribution in [0.3, 0.4) is 0 Å². The summed E-state index contributed by atoms with van der Waals surface area (Å²) < 4.78 is 32.8. The minimum Gasteiger partial charge on any atom is -0.481 e. The van der Waals surface area contributed by atoms with Gasteiger partial charge < -0.3 is 33.2 Å². The van der Waals surface area contributed by atoms with Gasteiger partial charge in [0, 0.05) is 59.9 Å². The lowest BCUT2D eigenvalue weighted by molar-refractivity contribution is -0.137. The van der Waals surface area contributed by atoms with Gasteiger partial charge >= 0.3 is 17.9 Å². The fourth-order valence-electron chi connectivity index (χ4n) is 5.13. The molecule has 0 saturated heterocycles. The summed E-state index contributed by atoms with van der Waals surface area (Å²) in [4.78, 5) is 49.9. The van der Waals surface area contributed by atoms with E-state index in [1.54, 1.807) is 33.5 Å². The predicted molar refractivity (Wildman–Crippen MR) is 176 cm³/mol. The molecular weight excluding hydrogens is 608 g/mol. The highest BCUT2D eigenvalue weighted by Crippen LogP contribution is 2.34. The van der Waals surface area contributed by atoms with Gasteiger partial charge in [0.15, 0.2) is 11.5 Å². The zero-order valence-electron chi connectivity index (χ0n) is 27.5. The number of hydrogen-bond donors (Lipinski definition) is 1. The summed E-state index contributed by atoms with van der Waals surface area (Å²) in [5.41, 5.74) is 1.65. The van der Waals surface area contributed by atoms with Crippen molar-refractivity contribution in [1.29, 1.82) is 0 Å². The lowest BCUT2D eigenvalue weighted by atomic mass is 9.99. The van der Waals surface area contributed by atoms with Gasteiger partial charge in [-0.25, -0.2) is 0 Å². The van der Waals surface area contributed by atoms with Gasteiger partial charge in [0.05, 0.1) is 17.1 Å². The first kappa shape index (κ1) is 37.4.